The number of nitrogens with zero attached hydrogens (tertiary/aromatic N) is 4. The maximum atomic E-state index is 13.5. The molecule has 1 atom stereocenters. The zero-order chi connectivity index (χ0) is 19.3. The SMILES string of the molecule is CN1CC=C(c2cn(S(=O)c3ccc4c(c3)CCN4C)c3ncccc23)CC1. The Morgan fingerprint density at radius 1 is 1.11 bits per heavy atom. The Hall–Kier alpha value is -2.44. The third-order valence-electron chi connectivity index (χ3n) is 5.85. The largest absolute Gasteiger partial charge is 0.374 e. The number of hydrogen-bond acceptors (Lipinski definition) is 4. The first-order valence-corrected chi connectivity index (χ1v) is 10.8. The van der Waals surface area contributed by atoms with Crippen molar-refractivity contribution in [1.82, 2.24) is 13.9 Å². The van der Waals surface area contributed by atoms with Gasteiger partial charge in [0, 0.05) is 55.7 Å². The lowest BCUT2D eigenvalue weighted by atomic mass is 10.00. The molecule has 2 aromatic heterocycles. The predicted molar refractivity (Wildman–Crippen MR) is 115 cm³/mol. The smallest absolute Gasteiger partial charge is 0.158 e. The normalized spacial score (nSPS) is 18.4. The van der Waals surface area contributed by atoms with Crippen molar-refractivity contribution in [2.24, 2.45) is 0 Å². The van der Waals surface area contributed by atoms with Crippen molar-refractivity contribution >= 4 is 33.3 Å². The summed E-state index contributed by atoms with van der Waals surface area (Å²) in [6.07, 6.45) is 8.10. The van der Waals surface area contributed by atoms with E-state index >= 15 is 0 Å². The van der Waals surface area contributed by atoms with Gasteiger partial charge in [-0.05, 0) is 61.4 Å². The average molecular weight is 393 g/mol. The van der Waals surface area contributed by atoms with Gasteiger partial charge in [0.15, 0.2) is 16.6 Å². The molecule has 1 aromatic carbocycles. The van der Waals surface area contributed by atoms with Gasteiger partial charge in [-0.25, -0.2) is 13.2 Å². The molecule has 0 spiro atoms. The van der Waals surface area contributed by atoms with Crippen LogP contribution < -0.4 is 4.90 Å². The molecule has 6 heteroatoms. The van der Waals surface area contributed by atoms with Crippen LogP contribution in [-0.4, -0.2) is 51.8 Å². The fraction of sp³-hybridized carbons (Fsp3) is 0.318. The van der Waals surface area contributed by atoms with Crippen LogP contribution in [-0.2, 0) is 17.4 Å². The molecule has 5 rings (SSSR count). The molecule has 0 fully saturated rings. The number of aromatic nitrogens is 2. The van der Waals surface area contributed by atoms with Gasteiger partial charge in [0.25, 0.3) is 0 Å². The van der Waals surface area contributed by atoms with Crippen molar-refractivity contribution in [3.8, 4) is 0 Å². The lowest BCUT2D eigenvalue weighted by Gasteiger charge is -2.21. The molecule has 0 saturated carbocycles. The van der Waals surface area contributed by atoms with Crippen LogP contribution in [0.15, 0.2) is 53.7 Å². The topological polar surface area (TPSA) is 41.4 Å². The minimum Gasteiger partial charge on any atom is -0.374 e. The summed E-state index contributed by atoms with van der Waals surface area (Å²) in [5.41, 5.74) is 5.78. The van der Waals surface area contributed by atoms with E-state index in [9.17, 15) is 4.21 Å². The number of fused-ring (bicyclic) bond motifs is 2. The van der Waals surface area contributed by atoms with Crippen molar-refractivity contribution in [2.75, 3.05) is 38.6 Å². The van der Waals surface area contributed by atoms with E-state index < -0.39 is 11.0 Å². The molecule has 2 aliphatic rings. The Kier molecular flexibility index (Phi) is 4.33. The van der Waals surface area contributed by atoms with E-state index in [2.05, 4.69) is 53.2 Å². The van der Waals surface area contributed by atoms with Crippen LogP contribution >= 0.6 is 0 Å². The van der Waals surface area contributed by atoms with Crippen molar-refractivity contribution < 1.29 is 4.21 Å². The highest BCUT2D eigenvalue weighted by molar-refractivity contribution is 7.83. The van der Waals surface area contributed by atoms with E-state index in [-0.39, 0.29) is 0 Å². The van der Waals surface area contributed by atoms with E-state index in [1.807, 2.05) is 22.3 Å². The van der Waals surface area contributed by atoms with E-state index in [4.69, 9.17) is 0 Å². The van der Waals surface area contributed by atoms with Gasteiger partial charge in [0.1, 0.15) is 0 Å². The number of rotatable bonds is 3. The van der Waals surface area contributed by atoms with Crippen molar-refractivity contribution in [1.29, 1.82) is 0 Å². The first kappa shape index (κ1) is 17.6. The van der Waals surface area contributed by atoms with Gasteiger partial charge < -0.3 is 9.80 Å². The second-order valence-corrected chi connectivity index (χ2v) is 9.06. The molecule has 0 radical (unpaired) electrons. The zero-order valence-corrected chi connectivity index (χ0v) is 17.1. The number of anilines is 1. The molecular weight excluding hydrogens is 368 g/mol. The third kappa shape index (κ3) is 2.88. The number of hydrogen-bond donors (Lipinski definition) is 0. The van der Waals surface area contributed by atoms with E-state index in [0.29, 0.717) is 0 Å². The fourth-order valence-electron chi connectivity index (χ4n) is 4.19. The Morgan fingerprint density at radius 3 is 2.82 bits per heavy atom. The van der Waals surface area contributed by atoms with E-state index in [1.54, 1.807) is 6.20 Å². The fourth-order valence-corrected chi connectivity index (χ4v) is 5.35. The molecule has 2 aliphatic heterocycles. The quantitative estimate of drug-likeness (QED) is 0.686. The van der Waals surface area contributed by atoms with Crippen molar-refractivity contribution in [3.05, 3.63) is 59.9 Å². The molecule has 0 N–H and O–H groups in total. The molecule has 0 saturated heterocycles. The van der Waals surface area contributed by atoms with Crippen molar-refractivity contribution in [3.63, 3.8) is 0 Å². The number of benzene rings is 1. The highest BCUT2D eigenvalue weighted by Gasteiger charge is 2.21. The van der Waals surface area contributed by atoms with Crippen molar-refractivity contribution in [2.45, 2.75) is 17.7 Å². The second-order valence-electron chi connectivity index (χ2n) is 7.70. The van der Waals surface area contributed by atoms with E-state index in [1.165, 1.54) is 16.8 Å². The van der Waals surface area contributed by atoms with Crippen LogP contribution in [0.2, 0.25) is 0 Å². The van der Waals surface area contributed by atoms with E-state index in [0.717, 1.165) is 54.0 Å². The lowest BCUT2D eigenvalue weighted by Crippen LogP contribution is -2.23. The number of pyridine rings is 1. The molecule has 4 heterocycles. The molecule has 1 unspecified atom stereocenters. The molecule has 0 bridgehead atoms. The Balaban J connectivity index is 1.59. The first-order valence-electron chi connectivity index (χ1n) is 9.72. The summed E-state index contributed by atoms with van der Waals surface area (Å²) >= 11 is 0. The summed E-state index contributed by atoms with van der Waals surface area (Å²) in [4.78, 5) is 9.96. The van der Waals surface area contributed by atoms with Gasteiger partial charge in [-0.3, -0.25) is 0 Å². The monoisotopic (exact) mass is 392 g/mol. The Morgan fingerprint density at radius 2 is 2.00 bits per heavy atom. The van der Waals surface area contributed by atoms with Crippen LogP contribution in [0, 0.1) is 0 Å². The summed E-state index contributed by atoms with van der Waals surface area (Å²) in [7, 11) is 2.92. The van der Waals surface area contributed by atoms with Gasteiger partial charge in [0.05, 0.1) is 4.90 Å². The summed E-state index contributed by atoms with van der Waals surface area (Å²) in [6, 6.07) is 10.2. The highest BCUT2D eigenvalue weighted by Crippen LogP contribution is 2.33. The summed E-state index contributed by atoms with van der Waals surface area (Å²) in [6.45, 7) is 3.01. The molecule has 144 valence electrons. The van der Waals surface area contributed by atoms with Crippen LogP contribution in [0.4, 0.5) is 5.69 Å². The van der Waals surface area contributed by atoms with Gasteiger partial charge in [-0.1, -0.05) is 6.08 Å². The Bertz CT molecular complexity index is 1120. The minimum atomic E-state index is -1.32. The average Bonchev–Trinajstić information content (AvgIpc) is 3.29. The zero-order valence-electron chi connectivity index (χ0n) is 16.3. The van der Waals surface area contributed by atoms with Crippen LogP contribution in [0.1, 0.15) is 17.5 Å². The highest BCUT2D eigenvalue weighted by atomic mass is 32.2. The minimum absolute atomic E-state index is 0.785. The molecule has 0 amide bonds. The summed E-state index contributed by atoms with van der Waals surface area (Å²) in [5.74, 6) is 0. The van der Waals surface area contributed by atoms with Crippen LogP contribution in [0.25, 0.3) is 16.6 Å². The van der Waals surface area contributed by atoms with Gasteiger partial charge >= 0.3 is 0 Å². The molecule has 3 aromatic rings. The lowest BCUT2D eigenvalue weighted by molar-refractivity contribution is 0.370. The molecular formula is C22H24N4OS. The predicted octanol–water partition coefficient (Wildman–Crippen LogP) is 3.32. The standard InChI is InChI=1S/C22H24N4OS/c1-24-11-7-16(8-12-24)20-15-26(22-19(20)4-3-10-23-22)28(27)18-5-6-21-17(14-18)9-13-25(21)2/h3-7,10,14-15H,8-9,11-13H2,1-2H3. The summed E-state index contributed by atoms with van der Waals surface area (Å²) in [5, 5.41) is 1.08. The second kappa shape index (κ2) is 6.87. The first-order chi connectivity index (χ1) is 13.6. The molecule has 0 aliphatic carbocycles. The van der Waals surface area contributed by atoms with Gasteiger partial charge in [-0.2, -0.15) is 0 Å². The van der Waals surface area contributed by atoms with Gasteiger partial charge in [-0.15, -0.1) is 0 Å². The maximum absolute atomic E-state index is 13.5. The molecule has 28 heavy (non-hydrogen) atoms. The molecule has 5 nitrogen and oxygen atoms in total. The maximum Gasteiger partial charge on any atom is 0.158 e. The van der Waals surface area contributed by atoms with Crippen LogP contribution in [0.5, 0.6) is 0 Å². The third-order valence-corrected chi connectivity index (χ3v) is 7.14. The summed E-state index contributed by atoms with van der Waals surface area (Å²) < 4.78 is 15.3. The van der Waals surface area contributed by atoms with Crippen LogP contribution in [0.3, 0.4) is 0 Å². The van der Waals surface area contributed by atoms with Gasteiger partial charge in [0.2, 0.25) is 0 Å². The number of likely N-dealkylation sites (N-methyl/N-ethyl adjacent to an activating group) is 2. The Labute approximate surface area is 167 Å².